The number of halogens is 2. The maximum Gasteiger partial charge on any atom is 0.150 e. The summed E-state index contributed by atoms with van der Waals surface area (Å²) in [7, 11) is 0. The van der Waals surface area contributed by atoms with Crippen LogP contribution in [0.2, 0.25) is 0 Å². The lowest BCUT2D eigenvalue weighted by Gasteiger charge is -1.95. The number of fused-ring (bicyclic) bond motifs is 1. The fourth-order valence-corrected chi connectivity index (χ4v) is 3.58. The first-order chi connectivity index (χ1) is 6.76. The first kappa shape index (κ1) is 10.6. The van der Waals surface area contributed by atoms with E-state index in [1.807, 2.05) is 12.1 Å². The van der Waals surface area contributed by atoms with Crippen LogP contribution in [-0.2, 0) is 5.33 Å². The van der Waals surface area contributed by atoms with Gasteiger partial charge >= 0.3 is 0 Å². The number of aldehydes is 1. The highest BCUT2D eigenvalue weighted by atomic mass is 127. The van der Waals surface area contributed by atoms with Crippen molar-refractivity contribution in [2.75, 3.05) is 0 Å². The van der Waals surface area contributed by atoms with Crippen molar-refractivity contribution in [1.29, 1.82) is 0 Å². The van der Waals surface area contributed by atoms with E-state index in [4.69, 9.17) is 0 Å². The van der Waals surface area contributed by atoms with E-state index >= 15 is 0 Å². The molecule has 2 rings (SSSR count). The van der Waals surface area contributed by atoms with E-state index < -0.39 is 0 Å². The van der Waals surface area contributed by atoms with Crippen LogP contribution in [0.25, 0.3) is 10.1 Å². The number of thiophene rings is 1. The molecule has 0 aliphatic carbocycles. The van der Waals surface area contributed by atoms with E-state index in [2.05, 4.69) is 44.6 Å². The van der Waals surface area contributed by atoms with Gasteiger partial charge in [-0.3, -0.25) is 4.79 Å². The van der Waals surface area contributed by atoms with E-state index in [1.54, 1.807) is 11.3 Å². The molecule has 0 saturated heterocycles. The second-order valence-electron chi connectivity index (χ2n) is 2.84. The molecule has 0 saturated carbocycles. The van der Waals surface area contributed by atoms with Crippen molar-refractivity contribution >= 4 is 66.2 Å². The number of hydrogen-bond donors (Lipinski definition) is 0. The van der Waals surface area contributed by atoms with Crippen molar-refractivity contribution in [3.05, 3.63) is 32.2 Å². The van der Waals surface area contributed by atoms with Crippen LogP contribution in [0.3, 0.4) is 0 Å². The standard InChI is InChI=1S/C10H6BrIOS/c11-4-7-3-8-6(5-13)1-2-9(12)10(8)14-7/h1-3,5H,4H2. The Bertz CT molecular complexity index is 492. The highest BCUT2D eigenvalue weighted by Crippen LogP contribution is 2.32. The number of benzene rings is 1. The number of alkyl halides is 1. The Labute approximate surface area is 108 Å². The van der Waals surface area contributed by atoms with Crippen molar-refractivity contribution in [3.63, 3.8) is 0 Å². The van der Waals surface area contributed by atoms with Crippen molar-refractivity contribution < 1.29 is 4.79 Å². The minimum atomic E-state index is 0.781. The fourth-order valence-electron chi connectivity index (χ4n) is 1.33. The summed E-state index contributed by atoms with van der Waals surface area (Å²) in [4.78, 5) is 12.1. The van der Waals surface area contributed by atoms with Gasteiger partial charge in [-0.05, 0) is 40.8 Å². The molecule has 0 N–H and O–H groups in total. The molecular formula is C10H6BrIOS. The molecule has 14 heavy (non-hydrogen) atoms. The minimum absolute atomic E-state index is 0.781. The van der Waals surface area contributed by atoms with Crippen LogP contribution in [-0.4, -0.2) is 6.29 Å². The Morgan fingerprint density at radius 1 is 1.50 bits per heavy atom. The molecule has 0 atom stereocenters. The topological polar surface area (TPSA) is 17.1 Å². The average Bonchev–Trinajstić information content (AvgIpc) is 2.63. The van der Waals surface area contributed by atoms with Gasteiger partial charge < -0.3 is 0 Å². The zero-order chi connectivity index (χ0) is 10.1. The molecule has 0 fully saturated rings. The summed E-state index contributed by atoms with van der Waals surface area (Å²) in [5.41, 5.74) is 0.781. The monoisotopic (exact) mass is 380 g/mol. The lowest BCUT2D eigenvalue weighted by atomic mass is 10.1. The summed E-state index contributed by atoms with van der Waals surface area (Å²) in [6.07, 6.45) is 0.920. The molecule has 0 bridgehead atoms. The molecule has 1 aromatic heterocycles. The Morgan fingerprint density at radius 2 is 2.29 bits per heavy atom. The zero-order valence-electron chi connectivity index (χ0n) is 7.09. The van der Waals surface area contributed by atoms with Gasteiger partial charge in [0.25, 0.3) is 0 Å². The fraction of sp³-hybridized carbons (Fsp3) is 0.100. The molecule has 0 aliphatic rings. The highest BCUT2D eigenvalue weighted by Gasteiger charge is 2.07. The van der Waals surface area contributed by atoms with Crippen LogP contribution in [0.15, 0.2) is 18.2 Å². The summed E-state index contributed by atoms with van der Waals surface area (Å²) in [5, 5.41) is 1.92. The van der Waals surface area contributed by atoms with Crippen LogP contribution in [0.5, 0.6) is 0 Å². The Balaban J connectivity index is 2.81. The van der Waals surface area contributed by atoms with Crippen molar-refractivity contribution in [1.82, 2.24) is 0 Å². The number of rotatable bonds is 2. The molecule has 0 aliphatic heterocycles. The lowest BCUT2D eigenvalue weighted by Crippen LogP contribution is -1.81. The maximum absolute atomic E-state index is 10.8. The van der Waals surface area contributed by atoms with E-state index in [0.29, 0.717) is 0 Å². The average molecular weight is 381 g/mol. The van der Waals surface area contributed by atoms with Crippen LogP contribution in [0.4, 0.5) is 0 Å². The molecule has 4 heteroatoms. The molecule has 1 aromatic carbocycles. The highest BCUT2D eigenvalue weighted by molar-refractivity contribution is 14.1. The van der Waals surface area contributed by atoms with Crippen LogP contribution in [0.1, 0.15) is 15.2 Å². The Morgan fingerprint density at radius 3 is 2.93 bits per heavy atom. The van der Waals surface area contributed by atoms with E-state index in [9.17, 15) is 4.79 Å². The molecule has 0 amide bonds. The largest absolute Gasteiger partial charge is 0.298 e. The Hall–Kier alpha value is 0.0600. The molecule has 1 nitrogen and oxygen atoms in total. The van der Waals surface area contributed by atoms with E-state index in [0.717, 1.165) is 22.6 Å². The van der Waals surface area contributed by atoms with Gasteiger partial charge in [-0.2, -0.15) is 0 Å². The third kappa shape index (κ3) is 1.75. The molecule has 0 radical (unpaired) electrons. The normalized spacial score (nSPS) is 10.7. The van der Waals surface area contributed by atoms with Gasteiger partial charge in [0.2, 0.25) is 0 Å². The van der Waals surface area contributed by atoms with Crippen molar-refractivity contribution in [2.45, 2.75) is 5.33 Å². The van der Waals surface area contributed by atoms with Crippen LogP contribution >= 0.6 is 49.9 Å². The van der Waals surface area contributed by atoms with Crippen molar-refractivity contribution in [2.24, 2.45) is 0 Å². The first-order valence-corrected chi connectivity index (χ1v) is 7.00. The smallest absolute Gasteiger partial charge is 0.150 e. The van der Waals surface area contributed by atoms with Crippen LogP contribution < -0.4 is 0 Å². The number of carbonyl (C=O) groups excluding carboxylic acids is 1. The van der Waals surface area contributed by atoms with Crippen molar-refractivity contribution in [3.8, 4) is 0 Å². The lowest BCUT2D eigenvalue weighted by molar-refractivity contribution is 0.112. The van der Waals surface area contributed by atoms with Gasteiger partial charge in [-0.25, -0.2) is 0 Å². The molecular weight excluding hydrogens is 375 g/mol. The zero-order valence-corrected chi connectivity index (χ0v) is 11.6. The van der Waals surface area contributed by atoms with Gasteiger partial charge in [-0.15, -0.1) is 11.3 Å². The van der Waals surface area contributed by atoms with E-state index in [1.165, 1.54) is 13.1 Å². The molecule has 2 aromatic rings. The van der Waals surface area contributed by atoms with Crippen LogP contribution in [0, 0.1) is 3.57 Å². The summed E-state index contributed by atoms with van der Waals surface area (Å²) >= 11 is 7.47. The second-order valence-corrected chi connectivity index (χ2v) is 5.70. The summed E-state index contributed by atoms with van der Waals surface area (Å²) in [5.74, 6) is 0. The minimum Gasteiger partial charge on any atom is -0.298 e. The van der Waals surface area contributed by atoms with Gasteiger partial charge in [0.05, 0.1) is 0 Å². The predicted octanol–water partition coefficient (Wildman–Crippen LogP) is 4.21. The third-order valence-corrected chi connectivity index (χ3v) is 5.39. The van der Waals surface area contributed by atoms with Gasteiger partial charge in [0.15, 0.2) is 6.29 Å². The molecule has 1 heterocycles. The summed E-state index contributed by atoms with van der Waals surface area (Å²) in [6.45, 7) is 0. The second kappa shape index (κ2) is 4.28. The van der Waals surface area contributed by atoms with Gasteiger partial charge in [0.1, 0.15) is 0 Å². The maximum atomic E-state index is 10.8. The summed E-state index contributed by atoms with van der Waals surface area (Å²) in [6, 6.07) is 5.95. The molecule has 72 valence electrons. The molecule has 0 unspecified atom stereocenters. The van der Waals surface area contributed by atoms with E-state index in [-0.39, 0.29) is 0 Å². The van der Waals surface area contributed by atoms with Gasteiger partial charge in [0, 0.05) is 29.4 Å². The predicted molar refractivity (Wildman–Crippen MR) is 72.6 cm³/mol. The summed E-state index contributed by atoms with van der Waals surface area (Å²) < 4.78 is 2.42. The number of hydrogen-bond acceptors (Lipinski definition) is 2. The van der Waals surface area contributed by atoms with Gasteiger partial charge in [-0.1, -0.05) is 15.9 Å². The SMILES string of the molecule is O=Cc1ccc(I)c2sc(CBr)cc12. The molecule has 0 spiro atoms. The Kier molecular flexibility index (Phi) is 3.23. The number of carbonyl (C=O) groups is 1. The third-order valence-electron chi connectivity index (χ3n) is 1.98. The first-order valence-electron chi connectivity index (χ1n) is 3.98. The quantitative estimate of drug-likeness (QED) is 0.433.